The molecule has 2 aliphatic heterocycles. The number of carbonyl (C=O) groups excluding carboxylic acids is 1. The van der Waals surface area contributed by atoms with Gasteiger partial charge in [0.05, 0.1) is 14.2 Å². The zero-order chi connectivity index (χ0) is 22.9. The summed E-state index contributed by atoms with van der Waals surface area (Å²) >= 11 is 0. The van der Waals surface area contributed by atoms with Crippen molar-refractivity contribution in [2.45, 2.75) is 38.4 Å². The highest BCUT2D eigenvalue weighted by Crippen LogP contribution is 2.42. The molecule has 5 heteroatoms. The number of amides is 1. The van der Waals surface area contributed by atoms with Crippen LogP contribution in [0.1, 0.15) is 46.4 Å². The van der Waals surface area contributed by atoms with Crippen molar-refractivity contribution >= 4 is 11.6 Å². The summed E-state index contributed by atoms with van der Waals surface area (Å²) in [6, 6.07) is 22.8. The van der Waals surface area contributed by atoms with Crippen LogP contribution in [0.5, 0.6) is 11.5 Å². The van der Waals surface area contributed by atoms with E-state index in [4.69, 9.17) is 9.47 Å². The molecular formula is C28H30N2O3. The normalized spacial score (nSPS) is 20.0. The fraction of sp³-hybridized carbons (Fsp3) is 0.321. The summed E-state index contributed by atoms with van der Waals surface area (Å²) < 4.78 is 10.8. The number of hydrogen-bond acceptors (Lipinski definition) is 4. The molecule has 3 aromatic carbocycles. The molecule has 0 spiro atoms. The van der Waals surface area contributed by atoms with E-state index in [9.17, 15) is 4.79 Å². The van der Waals surface area contributed by atoms with Crippen molar-refractivity contribution in [1.29, 1.82) is 0 Å². The van der Waals surface area contributed by atoms with Crippen molar-refractivity contribution in [3.63, 3.8) is 0 Å². The van der Waals surface area contributed by atoms with Gasteiger partial charge in [0.25, 0.3) is 5.91 Å². The van der Waals surface area contributed by atoms with Gasteiger partial charge in [0.2, 0.25) is 0 Å². The molecule has 2 unspecified atom stereocenters. The molecule has 0 radical (unpaired) electrons. The molecule has 2 aliphatic rings. The summed E-state index contributed by atoms with van der Waals surface area (Å²) in [4.78, 5) is 18.2. The maximum Gasteiger partial charge on any atom is 0.258 e. The molecule has 0 fully saturated rings. The van der Waals surface area contributed by atoms with Crippen LogP contribution in [0.3, 0.4) is 0 Å². The first kappa shape index (κ1) is 21.5. The molecule has 0 saturated carbocycles. The summed E-state index contributed by atoms with van der Waals surface area (Å²) in [5.74, 6) is 1.16. The first-order chi connectivity index (χ1) is 16.1. The van der Waals surface area contributed by atoms with Gasteiger partial charge < -0.3 is 14.4 Å². The van der Waals surface area contributed by atoms with Crippen molar-refractivity contribution in [3.8, 4) is 11.5 Å². The van der Waals surface area contributed by atoms with Crippen LogP contribution in [0, 0.1) is 0 Å². The molecular weight excluding hydrogens is 412 g/mol. The lowest BCUT2D eigenvalue weighted by Crippen LogP contribution is -2.47. The van der Waals surface area contributed by atoms with E-state index in [0.717, 1.165) is 31.6 Å². The largest absolute Gasteiger partial charge is 0.493 e. The van der Waals surface area contributed by atoms with E-state index in [-0.39, 0.29) is 11.9 Å². The molecule has 170 valence electrons. The molecule has 5 nitrogen and oxygen atoms in total. The zero-order valence-corrected chi connectivity index (χ0v) is 19.5. The molecule has 0 N–H and O–H groups in total. The quantitative estimate of drug-likeness (QED) is 0.554. The Bertz CT molecular complexity index is 1180. The third-order valence-corrected chi connectivity index (χ3v) is 7.01. The zero-order valence-electron chi connectivity index (χ0n) is 19.5. The number of ether oxygens (including phenoxy) is 2. The second-order valence-electron chi connectivity index (χ2n) is 8.89. The maximum atomic E-state index is 13.7. The van der Waals surface area contributed by atoms with Gasteiger partial charge in [-0.05, 0) is 60.7 Å². The van der Waals surface area contributed by atoms with E-state index < -0.39 is 0 Å². The summed E-state index contributed by atoms with van der Waals surface area (Å²) in [6.07, 6.45) is 1.97. The monoisotopic (exact) mass is 442 g/mol. The lowest BCUT2D eigenvalue weighted by molar-refractivity contribution is 0.0956. The Balaban J connectivity index is 1.48. The predicted molar refractivity (Wildman–Crippen MR) is 130 cm³/mol. The highest BCUT2D eigenvalue weighted by atomic mass is 16.5. The Labute approximate surface area is 195 Å². The summed E-state index contributed by atoms with van der Waals surface area (Å²) in [5, 5.41) is 0. The molecule has 33 heavy (non-hydrogen) atoms. The predicted octanol–water partition coefficient (Wildman–Crippen LogP) is 5.24. The lowest BCUT2D eigenvalue weighted by atomic mass is 9.88. The minimum Gasteiger partial charge on any atom is -0.493 e. The van der Waals surface area contributed by atoms with E-state index in [1.807, 2.05) is 17.0 Å². The van der Waals surface area contributed by atoms with Gasteiger partial charge in [-0.1, -0.05) is 42.5 Å². The van der Waals surface area contributed by atoms with Crippen molar-refractivity contribution < 1.29 is 14.3 Å². The van der Waals surface area contributed by atoms with Crippen LogP contribution < -0.4 is 14.4 Å². The van der Waals surface area contributed by atoms with Crippen molar-refractivity contribution in [2.75, 3.05) is 25.7 Å². The SMILES string of the molecule is COc1ccc(C(=O)N2c3ccccc3C(N3CCc4ccccc4C3)CC2C)cc1OC. The number of anilines is 1. The van der Waals surface area contributed by atoms with E-state index >= 15 is 0 Å². The number of fused-ring (bicyclic) bond motifs is 2. The van der Waals surface area contributed by atoms with Crippen molar-refractivity contribution in [3.05, 3.63) is 89.0 Å². The molecule has 3 aromatic rings. The molecule has 1 amide bonds. The first-order valence-corrected chi connectivity index (χ1v) is 11.6. The van der Waals surface area contributed by atoms with E-state index in [1.54, 1.807) is 26.4 Å². The molecule has 2 heterocycles. The smallest absolute Gasteiger partial charge is 0.258 e. The number of para-hydroxylation sites is 1. The molecule has 0 bridgehead atoms. The van der Waals surface area contributed by atoms with Crippen LogP contribution in [0.2, 0.25) is 0 Å². The number of rotatable bonds is 4. The number of hydrogen-bond donors (Lipinski definition) is 0. The third-order valence-electron chi connectivity index (χ3n) is 7.01. The Hall–Kier alpha value is -3.31. The Morgan fingerprint density at radius 1 is 0.909 bits per heavy atom. The number of methoxy groups -OCH3 is 2. The van der Waals surface area contributed by atoms with Gasteiger partial charge in [-0.3, -0.25) is 9.69 Å². The Morgan fingerprint density at radius 3 is 2.42 bits per heavy atom. The highest BCUT2D eigenvalue weighted by molar-refractivity contribution is 6.07. The van der Waals surface area contributed by atoms with Gasteiger partial charge in [0, 0.05) is 36.4 Å². The Morgan fingerprint density at radius 2 is 1.64 bits per heavy atom. The average molecular weight is 443 g/mol. The van der Waals surface area contributed by atoms with Crippen LogP contribution in [0.4, 0.5) is 5.69 Å². The topological polar surface area (TPSA) is 42.0 Å². The van der Waals surface area contributed by atoms with Gasteiger partial charge in [-0.2, -0.15) is 0 Å². The van der Waals surface area contributed by atoms with Crippen LogP contribution in [0.15, 0.2) is 66.7 Å². The standard InChI is InChI=1S/C28H30N2O3/c1-19-16-25(29-15-14-20-8-4-5-9-22(20)18-29)23-10-6-7-11-24(23)30(19)28(31)21-12-13-26(32-2)27(17-21)33-3/h4-13,17,19,25H,14-16,18H2,1-3H3. The van der Waals surface area contributed by atoms with E-state index in [1.165, 1.54) is 16.7 Å². The van der Waals surface area contributed by atoms with E-state index in [2.05, 4.69) is 54.3 Å². The van der Waals surface area contributed by atoms with Gasteiger partial charge in [-0.25, -0.2) is 0 Å². The van der Waals surface area contributed by atoms with Gasteiger partial charge in [0.15, 0.2) is 11.5 Å². The average Bonchev–Trinajstić information content (AvgIpc) is 2.87. The van der Waals surface area contributed by atoms with Gasteiger partial charge in [0.1, 0.15) is 0 Å². The van der Waals surface area contributed by atoms with Gasteiger partial charge in [-0.15, -0.1) is 0 Å². The lowest BCUT2D eigenvalue weighted by Gasteiger charge is -2.45. The molecule has 0 aromatic heterocycles. The fourth-order valence-electron chi connectivity index (χ4n) is 5.33. The highest BCUT2D eigenvalue weighted by Gasteiger charge is 2.37. The molecule has 0 saturated heterocycles. The minimum absolute atomic E-state index is 0.0154. The van der Waals surface area contributed by atoms with Crippen LogP contribution in [-0.2, 0) is 13.0 Å². The second-order valence-corrected chi connectivity index (χ2v) is 8.89. The van der Waals surface area contributed by atoms with Crippen LogP contribution in [-0.4, -0.2) is 37.6 Å². The van der Waals surface area contributed by atoms with Crippen molar-refractivity contribution in [2.24, 2.45) is 0 Å². The minimum atomic E-state index is -0.0154. The fourth-order valence-corrected chi connectivity index (χ4v) is 5.33. The van der Waals surface area contributed by atoms with E-state index in [0.29, 0.717) is 23.1 Å². The number of benzene rings is 3. The summed E-state index contributed by atoms with van der Waals surface area (Å²) in [7, 11) is 3.19. The second kappa shape index (κ2) is 8.91. The Kier molecular flexibility index (Phi) is 5.81. The van der Waals surface area contributed by atoms with Gasteiger partial charge >= 0.3 is 0 Å². The number of carbonyl (C=O) groups is 1. The summed E-state index contributed by atoms with van der Waals surface area (Å²) in [5.41, 5.74) is 5.69. The number of nitrogens with zero attached hydrogens (tertiary/aromatic N) is 2. The molecule has 2 atom stereocenters. The molecule has 0 aliphatic carbocycles. The van der Waals surface area contributed by atoms with Crippen LogP contribution >= 0.6 is 0 Å². The third kappa shape index (κ3) is 3.87. The maximum absolute atomic E-state index is 13.7. The van der Waals surface area contributed by atoms with Crippen molar-refractivity contribution in [1.82, 2.24) is 4.90 Å². The summed E-state index contributed by atoms with van der Waals surface area (Å²) in [6.45, 7) is 4.14. The van der Waals surface area contributed by atoms with Crippen LogP contribution in [0.25, 0.3) is 0 Å². The first-order valence-electron chi connectivity index (χ1n) is 11.6. The molecule has 5 rings (SSSR count).